The van der Waals surface area contributed by atoms with Gasteiger partial charge in [0.05, 0.1) is 5.52 Å². The van der Waals surface area contributed by atoms with Crippen molar-refractivity contribution >= 4 is 16.9 Å². The standard InChI is InChI=1S/C22H22N2O5/c25-12-21(28)29-19(11-23-15-9-13-3-1-2-4-14(13)10-15)16-5-7-18(26)22-17(16)6-8-20(27)24-22/h1-8,15,19,23,25-26H,9-12H2,(H,24,27). The molecule has 0 aliphatic heterocycles. The summed E-state index contributed by atoms with van der Waals surface area (Å²) in [5, 5.41) is 23.3. The number of carbonyl (C=O) groups is 1. The fourth-order valence-corrected chi connectivity index (χ4v) is 3.93. The summed E-state index contributed by atoms with van der Waals surface area (Å²) in [6.45, 7) is -0.387. The second-order valence-corrected chi connectivity index (χ2v) is 7.20. The molecule has 1 aliphatic carbocycles. The van der Waals surface area contributed by atoms with E-state index in [9.17, 15) is 14.7 Å². The number of phenolic OH excluding ortho intramolecular Hbond substituents is 1. The van der Waals surface area contributed by atoms with Gasteiger partial charge in [-0.2, -0.15) is 0 Å². The first-order chi connectivity index (χ1) is 14.0. The SMILES string of the molecule is O=C(CO)OC(CNC1Cc2ccccc2C1)c1ccc(O)c2[nH]c(=O)ccc12. The van der Waals surface area contributed by atoms with E-state index in [-0.39, 0.29) is 22.9 Å². The summed E-state index contributed by atoms with van der Waals surface area (Å²) in [5.74, 6) is -0.801. The minimum Gasteiger partial charge on any atom is -0.506 e. The number of aliphatic hydroxyl groups is 1. The second kappa shape index (κ2) is 8.06. The zero-order valence-electron chi connectivity index (χ0n) is 15.7. The van der Waals surface area contributed by atoms with Crippen LogP contribution in [0, 0.1) is 0 Å². The predicted octanol–water partition coefficient (Wildman–Crippen LogP) is 1.57. The number of rotatable bonds is 6. The van der Waals surface area contributed by atoms with E-state index < -0.39 is 18.7 Å². The Bertz CT molecular complexity index is 1080. The molecule has 3 aromatic rings. The lowest BCUT2D eigenvalue weighted by Gasteiger charge is -2.22. The highest BCUT2D eigenvalue weighted by molar-refractivity contribution is 5.87. The minimum atomic E-state index is -0.739. The third kappa shape index (κ3) is 4.01. The maximum atomic E-state index is 11.8. The van der Waals surface area contributed by atoms with E-state index in [0.29, 0.717) is 17.5 Å². The Kier molecular flexibility index (Phi) is 5.33. The first-order valence-electron chi connectivity index (χ1n) is 9.50. The summed E-state index contributed by atoms with van der Waals surface area (Å²) in [7, 11) is 0. The van der Waals surface area contributed by atoms with E-state index in [0.717, 1.165) is 12.8 Å². The van der Waals surface area contributed by atoms with Crippen LogP contribution in [0.1, 0.15) is 22.8 Å². The van der Waals surface area contributed by atoms with E-state index in [1.165, 1.54) is 23.3 Å². The molecule has 0 bridgehead atoms. The van der Waals surface area contributed by atoms with Crippen LogP contribution in [0.3, 0.4) is 0 Å². The Morgan fingerprint density at radius 3 is 2.55 bits per heavy atom. The normalized spacial score (nSPS) is 14.7. The third-order valence-electron chi connectivity index (χ3n) is 5.30. The number of phenols is 1. The summed E-state index contributed by atoms with van der Waals surface area (Å²) in [5.41, 5.74) is 3.20. The fourth-order valence-electron chi connectivity index (χ4n) is 3.93. The van der Waals surface area contributed by atoms with Crippen molar-refractivity contribution < 1.29 is 19.7 Å². The molecule has 1 heterocycles. The molecule has 0 saturated carbocycles. The highest BCUT2D eigenvalue weighted by Crippen LogP contribution is 2.31. The number of pyridine rings is 1. The number of nitrogens with one attached hydrogen (secondary N) is 2. The number of aromatic hydroxyl groups is 1. The van der Waals surface area contributed by atoms with Crippen LogP contribution in [0.5, 0.6) is 5.75 Å². The molecule has 7 heteroatoms. The number of benzene rings is 2. The van der Waals surface area contributed by atoms with Crippen LogP contribution in [-0.4, -0.2) is 40.4 Å². The van der Waals surface area contributed by atoms with Gasteiger partial charge in [-0.25, -0.2) is 4.79 Å². The zero-order valence-corrected chi connectivity index (χ0v) is 15.7. The van der Waals surface area contributed by atoms with Crippen LogP contribution >= 0.6 is 0 Å². The quantitative estimate of drug-likeness (QED) is 0.472. The fraction of sp³-hybridized carbons (Fsp3) is 0.273. The summed E-state index contributed by atoms with van der Waals surface area (Å²) < 4.78 is 5.48. The molecule has 2 aromatic carbocycles. The van der Waals surface area contributed by atoms with Crippen LogP contribution in [0.25, 0.3) is 10.9 Å². The monoisotopic (exact) mass is 394 g/mol. The van der Waals surface area contributed by atoms with E-state index in [1.54, 1.807) is 12.1 Å². The smallest absolute Gasteiger partial charge is 0.332 e. The van der Waals surface area contributed by atoms with Crippen LogP contribution in [0.2, 0.25) is 0 Å². The first-order valence-corrected chi connectivity index (χ1v) is 9.50. The number of hydrogen-bond acceptors (Lipinski definition) is 6. The maximum absolute atomic E-state index is 11.8. The number of esters is 1. The third-order valence-corrected chi connectivity index (χ3v) is 5.30. The Morgan fingerprint density at radius 2 is 1.86 bits per heavy atom. The molecule has 150 valence electrons. The molecule has 1 unspecified atom stereocenters. The lowest BCUT2D eigenvalue weighted by atomic mass is 10.0. The van der Waals surface area contributed by atoms with Crippen molar-refractivity contribution in [2.24, 2.45) is 0 Å². The van der Waals surface area contributed by atoms with Crippen molar-refractivity contribution in [3.8, 4) is 5.75 Å². The maximum Gasteiger partial charge on any atom is 0.332 e. The lowest BCUT2D eigenvalue weighted by molar-refractivity contribution is -0.152. The number of hydrogen-bond donors (Lipinski definition) is 4. The molecule has 1 atom stereocenters. The van der Waals surface area contributed by atoms with Gasteiger partial charge in [-0.3, -0.25) is 4.79 Å². The number of aliphatic hydroxyl groups excluding tert-OH is 1. The topological polar surface area (TPSA) is 112 Å². The summed E-state index contributed by atoms with van der Waals surface area (Å²) in [4.78, 5) is 26.1. The molecule has 4 rings (SSSR count). The Hall–Kier alpha value is -3.16. The largest absolute Gasteiger partial charge is 0.506 e. The number of H-pyrrole nitrogens is 1. The van der Waals surface area contributed by atoms with Crippen LogP contribution in [0.15, 0.2) is 53.3 Å². The van der Waals surface area contributed by atoms with Crippen LogP contribution in [-0.2, 0) is 22.4 Å². The van der Waals surface area contributed by atoms with Crippen molar-refractivity contribution in [3.05, 3.63) is 75.6 Å². The van der Waals surface area contributed by atoms with Crippen molar-refractivity contribution in [3.63, 3.8) is 0 Å². The second-order valence-electron chi connectivity index (χ2n) is 7.20. The molecule has 0 fully saturated rings. The molecule has 4 N–H and O–H groups in total. The van der Waals surface area contributed by atoms with Gasteiger partial charge >= 0.3 is 5.97 Å². The predicted molar refractivity (Wildman–Crippen MR) is 108 cm³/mol. The van der Waals surface area contributed by atoms with Crippen LogP contribution < -0.4 is 10.9 Å². The van der Waals surface area contributed by atoms with Crippen molar-refractivity contribution in [1.29, 1.82) is 0 Å². The molecule has 7 nitrogen and oxygen atoms in total. The highest BCUT2D eigenvalue weighted by Gasteiger charge is 2.25. The Balaban J connectivity index is 1.60. The Morgan fingerprint density at radius 1 is 1.14 bits per heavy atom. The molecule has 0 saturated heterocycles. The van der Waals surface area contributed by atoms with Gasteiger partial charge in [0.25, 0.3) is 0 Å². The van der Waals surface area contributed by atoms with E-state index in [2.05, 4.69) is 22.4 Å². The van der Waals surface area contributed by atoms with E-state index >= 15 is 0 Å². The number of ether oxygens (including phenoxy) is 1. The van der Waals surface area contributed by atoms with Gasteiger partial charge in [0.15, 0.2) is 0 Å². The average Bonchev–Trinajstić information content (AvgIpc) is 3.14. The molecule has 0 amide bonds. The highest BCUT2D eigenvalue weighted by atomic mass is 16.6. The minimum absolute atomic E-state index is 0.0621. The van der Waals surface area contributed by atoms with Gasteiger partial charge in [0.1, 0.15) is 18.5 Å². The van der Waals surface area contributed by atoms with Crippen molar-refractivity contribution in [2.75, 3.05) is 13.2 Å². The number of aromatic amines is 1. The zero-order chi connectivity index (χ0) is 20.4. The van der Waals surface area contributed by atoms with Crippen molar-refractivity contribution in [1.82, 2.24) is 10.3 Å². The molecule has 1 aromatic heterocycles. The van der Waals surface area contributed by atoms with Gasteiger partial charge in [0.2, 0.25) is 5.56 Å². The lowest BCUT2D eigenvalue weighted by Crippen LogP contribution is -2.35. The summed E-state index contributed by atoms with van der Waals surface area (Å²) >= 11 is 0. The molecule has 1 aliphatic rings. The van der Waals surface area contributed by atoms with E-state index in [1.807, 2.05) is 12.1 Å². The number of aromatic nitrogens is 1. The molecular weight excluding hydrogens is 372 g/mol. The average molecular weight is 394 g/mol. The molecule has 29 heavy (non-hydrogen) atoms. The molecule has 0 spiro atoms. The van der Waals surface area contributed by atoms with Crippen LogP contribution in [0.4, 0.5) is 0 Å². The number of carbonyl (C=O) groups excluding carboxylic acids is 1. The Labute approximate surface area is 167 Å². The van der Waals surface area contributed by atoms with E-state index in [4.69, 9.17) is 9.84 Å². The number of fused-ring (bicyclic) bond motifs is 2. The molecular formula is C22H22N2O5. The van der Waals surface area contributed by atoms with Gasteiger partial charge in [-0.1, -0.05) is 30.3 Å². The van der Waals surface area contributed by atoms with Gasteiger partial charge in [0, 0.05) is 29.6 Å². The van der Waals surface area contributed by atoms with Gasteiger partial charge < -0.3 is 25.3 Å². The molecule has 0 radical (unpaired) electrons. The summed E-state index contributed by atoms with van der Waals surface area (Å²) in [6.07, 6.45) is 1.09. The van der Waals surface area contributed by atoms with Gasteiger partial charge in [-0.15, -0.1) is 0 Å². The first kappa shape index (κ1) is 19.2. The van der Waals surface area contributed by atoms with Gasteiger partial charge in [-0.05, 0) is 36.1 Å². The summed E-state index contributed by atoms with van der Waals surface area (Å²) in [6, 6.07) is 14.6. The van der Waals surface area contributed by atoms with Crippen molar-refractivity contribution in [2.45, 2.75) is 25.0 Å².